The van der Waals surface area contributed by atoms with Crippen LogP contribution in [-0.2, 0) is 30.4 Å². The summed E-state index contributed by atoms with van der Waals surface area (Å²) in [7, 11) is 2.35. The Balaban J connectivity index is 1.75. The first-order valence-electron chi connectivity index (χ1n) is 12.2. The molecular formula is C30H27N3O8. The second-order valence-corrected chi connectivity index (χ2v) is 8.54. The number of amides is 1. The number of nitrogens with zero attached hydrogens (tertiary/aromatic N) is 2. The Hall–Kier alpha value is -5.45. The molecule has 0 aromatic heterocycles. The van der Waals surface area contributed by atoms with Gasteiger partial charge in [-0.25, -0.2) is 14.4 Å². The van der Waals surface area contributed by atoms with E-state index in [4.69, 9.17) is 9.47 Å². The normalized spacial score (nSPS) is 11.3. The number of carbonyl (C=O) groups excluding carboxylic acids is 5. The molecule has 0 heterocycles. The molecule has 210 valence electrons. The molecule has 0 bridgehead atoms. The van der Waals surface area contributed by atoms with Crippen LogP contribution in [-0.4, -0.2) is 49.9 Å². The summed E-state index contributed by atoms with van der Waals surface area (Å²) >= 11 is 0. The van der Waals surface area contributed by atoms with Gasteiger partial charge < -0.3 is 19.5 Å². The number of carbonyl (C=O) groups is 5. The maximum absolute atomic E-state index is 12.9. The first-order chi connectivity index (χ1) is 19.7. The molecule has 0 aliphatic rings. The Labute approximate surface area is 235 Å². The molecule has 1 amide bonds. The summed E-state index contributed by atoms with van der Waals surface area (Å²) in [5.74, 6) is -3.55. The van der Waals surface area contributed by atoms with Crippen molar-refractivity contribution >= 4 is 47.0 Å². The third kappa shape index (κ3) is 8.02. The van der Waals surface area contributed by atoms with Gasteiger partial charge in [0, 0.05) is 5.69 Å². The third-order valence-electron chi connectivity index (χ3n) is 5.69. The van der Waals surface area contributed by atoms with Crippen LogP contribution in [0, 0.1) is 0 Å². The number of Topliss-reactive ketones (excluding diaryl/α,β-unsaturated/α-hetero) is 1. The van der Waals surface area contributed by atoms with Gasteiger partial charge in [0.25, 0.3) is 5.91 Å². The number of hydrogen-bond acceptors (Lipinski definition) is 10. The molecule has 11 heteroatoms. The van der Waals surface area contributed by atoms with Gasteiger partial charge in [-0.05, 0) is 54.4 Å². The molecule has 41 heavy (non-hydrogen) atoms. The maximum atomic E-state index is 12.9. The molecule has 3 rings (SSSR count). The number of hydrogen-bond donors (Lipinski definition) is 1. The van der Waals surface area contributed by atoms with Crippen LogP contribution in [0.2, 0.25) is 0 Å². The van der Waals surface area contributed by atoms with Crippen molar-refractivity contribution in [1.82, 2.24) is 0 Å². The van der Waals surface area contributed by atoms with Gasteiger partial charge >= 0.3 is 17.9 Å². The minimum Gasteiger partial charge on any atom is -0.465 e. The van der Waals surface area contributed by atoms with Crippen molar-refractivity contribution in [2.75, 3.05) is 19.5 Å². The zero-order chi connectivity index (χ0) is 29.9. The van der Waals surface area contributed by atoms with Crippen LogP contribution in [0.4, 0.5) is 11.4 Å². The van der Waals surface area contributed by atoms with E-state index in [1.165, 1.54) is 49.6 Å². The molecule has 1 N–H and O–H groups in total. The molecule has 0 saturated carbocycles. The molecule has 3 aromatic rings. The third-order valence-corrected chi connectivity index (χ3v) is 5.69. The van der Waals surface area contributed by atoms with Gasteiger partial charge in [0.2, 0.25) is 6.04 Å². The van der Waals surface area contributed by atoms with Gasteiger partial charge in [-0.1, -0.05) is 43.0 Å². The highest BCUT2D eigenvalue weighted by atomic mass is 16.5. The lowest BCUT2D eigenvalue weighted by molar-refractivity contribution is -0.126. The van der Waals surface area contributed by atoms with Crippen molar-refractivity contribution in [3.05, 3.63) is 101 Å². The molecule has 1 atom stereocenters. The molecule has 0 aliphatic heterocycles. The van der Waals surface area contributed by atoms with Crippen molar-refractivity contribution in [3.63, 3.8) is 0 Å². The number of ether oxygens (including phenoxy) is 3. The van der Waals surface area contributed by atoms with E-state index < -0.39 is 35.6 Å². The van der Waals surface area contributed by atoms with Crippen LogP contribution in [0.1, 0.15) is 49.1 Å². The highest BCUT2D eigenvalue weighted by molar-refractivity contribution is 6.10. The number of anilines is 1. The van der Waals surface area contributed by atoms with Crippen LogP contribution in [0.3, 0.4) is 0 Å². The SMILES string of the molecule is C=Cc1ccc(COC(=O)c2cccc(NC(=O)C(N=Nc3cc(C(=O)OC)ccc3C(=O)OC)C(C)=O)c2)cc1. The highest BCUT2D eigenvalue weighted by Gasteiger charge is 2.24. The number of ketones is 1. The fourth-order valence-electron chi connectivity index (χ4n) is 3.50. The Kier molecular flexibility index (Phi) is 10.3. The summed E-state index contributed by atoms with van der Waals surface area (Å²) in [5.41, 5.74) is 2.02. The number of azo groups is 1. The van der Waals surface area contributed by atoms with Crippen molar-refractivity contribution in [3.8, 4) is 0 Å². The number of methoxy groups -OCH3 is 2. The van der Waals surface area contributed by atoms with E-state index in [9.17, 15) is 24.0 Å². The lowest BCUT2D eigenvalue weighted by Gasteiger charge is -2.11. The minimum absolute atomic E-state index is 0.0460. The molecule has 11 nitrogen and oxygen atoms in total. The topological polar surface area (TPSA) is 150 Å². The van der Waals surface area contributed by atoms with Gasteiger partial charge in [-0.2, -0.15) is 10.2 Å². The maximum Gasteiger partial charge on any atom is 0.340 e. The smallest absolute Gasteiger partial charge is 0.340 e. The van der Waals surface area contributed by atoms with Gasteiger partial charge in [0.15, 0.2) is 5.78 Å². The van der Waals surface area contributed by atoms with Crippen LogP contribution in [0.5, 0.6) is 0 Å². The summed E-state index contributed by atoms with van der Waals surface area (Å²) in [5, 5.41) is 10.3. The second-order valence-electron chi connectivity index (χ2n) is 8.54. The van der Waals surface area contributed by atoms with E-state index in [1.807, 2.05) is 24.3 Å². The van der Waals surface area contributed by atoms with E-state index in [0.717, 1.165) is 25.2 Å². The zero-order valence-corrected chi connectivity index (χ0v) is 22.6. The number of nitrogens with one attached hydrogen (secondary N) is 1. The average molecular weight is 558 g/mol. The molecule has 0 spiro atoms. The fraction of sp³-hybridized carbons (Fsp3) is 0.167. The molecular weight excluding hydrogens is 530 g/mol. The largest absolute Gasteiger partial charge is 0.465 e. The molecule has 0 fully saturated rings. The lowest BCUT2D eigenvalue weighted by Crippen LogP contribution is -2.31. The molecule has 3 aromatic carbocycles. The van der Waals surface area contributed by atoms with E-state index in [-0.39, 0.29) is 34.7 Å². The van der Waals surface area contributed by atoms with Crippen LogP contribution < -0.4 is 5.32 Å². The van der Waals surface area contributed by atoms with Crippen LogP contribution in [0.15, 0.2) is 83.5 Å². The van der Waals surface area contributed by atoms with Gasteiger partial charge in [0.05, 0.1) is 30.9 Å². The highest BCUT2D eigenvalue weighted by Crippen LogP contribution is 2.24. The summed E-state index contributed by atoms with van der Waals surface area (Å²) in [4.78, 5) is 61.9. The summed E-state index contributed by atoms with van der Waals surface area (Å²) in [6, 6.07) is 15.5. The van der Waals surface area contributed by atoms with Gasteiger partial charge in [-0.3, -0.25) is 9.59 Å². The molecule has 0 radical (unpaired) electrons. The summed E-state index contributed by atoms with van der Waals surface area (Å²) in [6.45, 7) is 4.88. The average Bonchev–Trinajstić information content (AvgIpc) is 2.99. The Morgan fingerprint density at radius 3 is 2.20 bits per heavy atom. The molecule has 1 unspecified atom stereocenters. The van der Waals surface area contributed by atoms with Crippen molar-refractivity contribution in [2.45, 2.75) is 19.6 Å². The predicted octanol–water partition coefficient (Wildman–Crippen LogP) is 4.94. The van der Waals surface area contributed by atoms with Crippen LogP contribution in [0.25, 0.3) is 6.08 Å². The summed E-state index contributed by atoms with van der Waals surface area (Å²) in [6.07, 6.45) is 1.70. The summed E-state index contributed by atoms with van der Waals surface area (Å²) < 4.78 is 14.8. The van der Waals surface area contributed by atoms with E-state index in [2.05, 4.69) is 26.9 Å². The Bertz CT molecular complexity index is 1510. The monoisotopic (exact) mass is 557 g/mol. The molecule has 0 aliphatic carbocycles. The Morgan fingerprint density at radius 1 is 0.878 bits per heavy atom. The quantitative estimate of drug-likeness (QED) is 0.151. The van der Waals surface area contributed by atoms with E-state index in [0.29, 0.717) is 0 Å². The van der Waals surface area contributed by atoms with Crippen molar-refractivity contribution < 1.29 is 38.2 Å². The first kappa shape index (κ1) is 30.1. The minimum atomic E-state index is -1.60. The number of benzene rings is 3. The molecule has 0 saturated heterocycles. The van der Waals surface area contributed by atoms with Crippen molar-refractivity contribution in [2.24, 2.45) is 10.2 Å². The van der Waals surface area contributed by atoms with E-state index in [1.54, 1.807) is 6.08 Å². The number of rotatable bonds is 11. The van der Waals surface area contributed by atoms with E-state index >= 15 is 0 Å². The fourth-order valence-corrected chi connectivity index (χ4v) is 3.50. The van der Waals surface area contributed by atoms with Crippen LogP contribution >= 0.6 is 0 Å². The van der Waals surface area contributed by atoms with Gasteiger partial charge in [0.1, 0.15) is 12.3 Å². The lowest BCUT2D eigenvalue weighted by atomic mass is 10.1. The number of esters is 3. The zero-order valence-electron chi connectivity index (χ0n) is 22.6. The standard InChI is InChI=1S/C30H27N3O8/c1-5-19-9-11-20(12-10-19)17-41-29(37)21-7-6-8-23(15-21)31-27(35)26(18(2)34)33-32-25-16-22(28(36)39-3)13-14-24(25)30(38)40-4/h5-16,26H,1,17H2,2-4H3,(H,31,35). The Morgan fingerprint density at radius 2 is 1.56 bits per heavy atom. The first-order valence-corrected chi connectivity index (χ1v) is 12.2. The predicted molar refractivity (Wildman–Crippen MR) is 149 cm³/mol. The van der Waals surface area contributed by atoms with Gasteiger partial charge in [-0.15, -0.1) is 0 Å². The second kappa shape index (κ2) is 14.1. The van der Waals surface area contributed by atoms with Crippen molar-refractivity contribution in [1.29, 1.82) is 0 Å².